The fourth-order valence-corrected chi connectivity index (χ4v) is 6.64. The lowest BCUT2D eigenvalue weighted by atomic mass is 9.92. The van der Waals surface area contributed by atoms with Gasteiger partial charge in [0.15, 0.2) is 0 Å². The zero-order valence-electron chi connectivity index (χ0n) is 20.9. The lowest BCUT2D eigenvalue weighted by molar-refractivity contribution is 0.111. The van der Waals surface area contributed by atoms with E-state index in [4.69, 9.17) is 4.98 Å². The summed E-state index contributed by atoms with van der Waals surface area (Å²) < 4.78 is 1.92. The van der Waals surface area contributed by atoms with Gasteiger partial charge in [-0.2, -0.15) is 4.98 Å². The number of pyridine rings is 1. The third-order valence-corrected chi connectivity index (χ3v) is 8.97. The number of nitrogens with one attached hydrogen (secondary N) is 1. The molecule has 8 heteroatoms. The Morgan fingerprint density at radius 1 is 0.944 bits per heavy atom. The first-order valence-electron chi connectivity index (χ1n) is 13.9. The van der Waals surface area contributed by atoms with Crippen LogP contribution >= 0.6 is 0 Å². The fraction of sp³-hybridized carbons (Fsp3) is 0.607. The van der Waals surface area contributed by atoms with E-state index in [0.29, 0.717) is 17.9 Å². The average molecular weight is 489 g/mol. The molecule has 8 nitrogen and oxygen atoms in total. The highest BCUT2D eigenvalue weighted by atomic mass is 16.3. The molecule has 4 heterocycles. The third-order valence-electron chi connectivity index (χ3n) is 8.97. The summed E-state index contributed by atoms with van der Waals surface area (Å²) in [6, 6.07) is 7.06. The Bertz CT molecular complexity index is 1340. The Kier molecular flexibility index (Phi) is 5.62. The van der Waals surface area contributed by atoms with Gasteiger partial charge in [-0.25, -0.2) is 4.98 Å². The molecule has 0 radical (unpaired) electrons. The smallest absolute Gasteiger partial charge is 0.260 e. The SMILES string of the molecule is O=c1c2cc(N3CCN4CCC[C@@H]4C3)ccc2c2cnc(NCC3CC3)nc2n1[C@H]1CC[C@H](O)CC1. The maximum atomic E-state index is 14.1. The minimum atomic E-state index is -0.269. The predicted octanol–water partition coefficient (Wildman–Crippen LogP) is 3.53. The van der Waals surface area contributed by atoms with Gasteiger partial charge in [-0.1, -0.05) is 6.07 Å². The molecule has 2 saturated heterocycles. The number of rotatable bonds is 5. The summed E-state index contributed by atoms with van der Waals surface area (Å²) in [6.45, 7) is 5.24. The Balaban J connectivity index is 1.32. The highest BCUT2D eigenvalue weighted by Crippen LogP contribution is 2.34. The van der Waals surface area contributed by atoms with E-state index in [1.54, 1.807) is 0 Å². The van der Waals surface area contributed by atoms with Gasteiger partial charge in [0, 0.05) is 55.5 Å². The number of aliphatic hydroxyl groups is 1. The van der Waals surface area contributed by atoms with Crippen molar-refractivity contribution in [1.29, 1.82) is 0 Å². The molecule has 0 amide bonds. The predicted molar refractivity (Wildman–Crippen MR) is 143 cm³/mol. The van der Waals surface area contributed by atoms with Crippen LogP contribution in [0.5, 0.6) is 0 Å². The van der Waals surface area contributed by atoms with Gasteiger partial charge >= 0.3 is 0 Å². The summed E-state index contributed by atoms with van der Waals surface area (Å²) in [5, 5.41) is 16.1. The highest BCUT2D eigenvalue weighted by Gasteiger charge is 2.31. The summed E-state index contributed by atoms with van der Waals surface area (Å²) >= 11 is 0. The monoisotopic (exact) mass is 488 g/mol. The molecule has 2 aliphatic carbocycles. The summed E-state index contributed by atoms with van der Waals surface area (Å²) in [7, 11) is 0. The molecular weight excluding hydrogens is 452 g/mol. The minimum Gasteiger partial charge on any atom is -0.393 e. The van der Waals surface area contributed by atoms with Crippen molar-refractivity contribution in [2.45, 2.75) is 69.6 Å². The quantitative estimate of drug-likeness (QED) is 0.532. The Hall–Kier alpha value is -2.71. The standard InChI is InChI=1S/C28H36N6O2/c35-22-8-5-19(6-9-22)34-26-25(16-30-28(31-26)29-15-18-3-4-18)23-10-7-20(14-24(23)27(34)36)33-13-12-32-11-1-2-21(32)17-33/h7,10,14,16,18-19,21-22,35H,1-6,8-9,11-13,15,17H2,(H,29,30,31)/t19-,21-,22-/m1/s1. The van der Waals surface area contributed by atoms with E-state index in [9.17, 15) is 9.90 Å². The van der Waals surface area contributed by atoms with Gasteiger partial charge in [0.25, 0.3) is 5.56 Å². The van der Waals surface area contributed by atoms with Crippen LogP contribution in [-0.2, 0) is 0 Å². The normalized spacial score (nSPS) is 27.0. The second-order valence-electron chi connectivity index (χ2n) is 11.4. The second-order valence-corrected chi connectivity index (χ2v) is 11.4. The molecule has 2 N–H and O–H groups in total. The van der Waals surface area contributed by atoms with Crippen molar-refractivity contribution in [3.8, 4) is 0 Å². The maximum absolute atomic E-state index is 14.1. The molecule has 0 unspecified atom stereocenters. The first-order chi connectivity index (χ1) is 17.6. The van der Waals surface area contributed by atoms with E-state index in [0.717, 1.165) is 79.4 Å². The number of benzene rings is 1. The van der Waals surface area contributed by atoms with Gasteiger partial charge in [0.05, 0.1) is 11.5 Å². The zero-order chi connectivity index (χ0) is 24.2. The molecule has 7 rings (SSSR count). The third kappa shape index (κ3) is 4.04. The number of aliphatic hydroxyl groups excluding tert-OH is 1. The molecule has 2 aliphatic heterocycles. The molecule has 2 aromatic heterocycles. The van der Waals surface area contributed by atoms with Gasteiger partial charge < -0.3 is 15.3 Å². The summed E-state index contributed by atoms with van der Waals surface area (Å²) in [5.74, 6) is 1.32. The van der Waals surface area contributed by atoms with Crippen LogP contribution in [0.3, 0.4) is 0 Å². The molecule has 36 heavy (non-hydrogen) atoms. The highest BCUT2D eigenvalue weighted by molar-refractivity contribution is 6.05. The molecule has 4 aliphatic rings. The van der Waals surface area contributed by atoms with Crippen LogP contribution in [0.2, 0.25) is 0 Å². The van der Waals surface area contributed by atoms with E-state index < -0.39 is 0 Å². The number of hydrogen-bond acceptors (Lipinski definition) is 7. The fourth-order valence-electron chi connectivity index (χ4n) is 6.64. The lowest BCUT2D eigenvalue weighted by Crippen LogP contribution is -2.50. The number of fused-ring (bicyclic) bond motifs is 4. The van der Waals surface area contributed by atoms with Crippen LogP contribution in [0.1, 0.15) is 57.4 Å². The first kappa shape index (κ1) is 22.5. The number of hydrogen-bond donors (Lipinski definition) is 2. The van der Waals surface area contributed by atoms with E-state index in [1.165, 1.54) is 32.2 Å². The van der Waals surface area contributed by atoms with Crippen LogP contribution in [-0.4, -0.2) is 69.4 Å². The van der Waals surface area contributed by atoms with Gasteiger partial charge in [0.2, 0.25) is 5.95 Å². The number of nitrogens with zero attached hydrogens (tertiary/aromatic N) is 5. The van der Waals surface area contributed by atoms with E-state index in [-0.39, 0.29) is 17.7 Å². The van der Waals surface area contributed by atoms with Gasteiger partial charge in [-0.15, -0.1) is 0 Å². The van der Waals surface area contributed by atoms with Gasteiger partial charge in [-0.05, 0) is 81.3 Å². The molecule has 1 atom stereocenters. The first-order valence-corrected chi connectivity index (χ1v) is 13.9. The molecule has 0 bridgehead atoms. The Morgan fingerprint density at radius 3 is 2.64 bits per heavy atom. The summed E-state index contributed by atoms with van der Waals surface area (Å²) in [5.41, 5.74) is 1.89. The number of aromatic nitrogens is 3. The van der Waals surface area contributed by atoms with Crippen LogP contribution in [0.4, 0.5) is 11.6 Å². The van der Waals surface area contributed by atoms with Crippen molar-refractivity contribution >= 4 is 33.4 Å². The van der Waals surface area contributed by atoms with Gasteiger partial charge in [-0.3, -0.25) is 14.3 Å². The molecule has 0 spiro atoms. The van der Waals surface area contributed by atoms with Crippen LogP contribution in [0, 0.1) is 5.92 Å². The number of piperazine rings is 1. The molecule has 4 fully saturated rings. The number of anilines is 2. The summed E-state index contributed by atoms with van der Waals surface area (Å²) in [6.07, 6.45) is 9.74. The average Bonchev–Trinajstić information content (AvgIpc) is 3.62. The maximum Gasteiger partial charge on any atom is 0.260 e. The van der Waals surface area contributed by atoms with Crippen molar-refractivity contribution in [2.75, 3.05) is 42.9 Å². The molecule has 190 valence electrons. The molecular formula is C28H36N6O2. The van der Waals surface area contributed by atoms with Crippen molar-refractivity contribution in [2.24, 2.45) is 5.92 Å². The molecule has 2 saturated carbocycles. The lowest BCUT2D eigenvalue weighted by Gasteiger charge is -2.39. The second kappa shape index (κ2) is 8.99. The largest absolute Gasteiger partial charge is 0.393 e. The van der Waals surface area contributed by atoms with E-state index in [2.05, 4.69) is 38.3 Å². The minimum absolute atomic E-state index is 0.0343. The van der Waals surface area contributed by atoms with Crippen LogP contribution in [0.15, 0.2) is 29.2 Å². The zero-order valence-corrected chi connectivity index (χ0v) is 20.9. The Labute approximate surface area is 211 Å². The van der Waals surface area contributed by atoms with Crippen molar-refractivity contribution in [3.63, 3.8) is 0 Å². The van der Waals surface area contributed by atoms with Crippen LogP contribution in [0.25, 0.3) is 21.8 Å². The van der Waals surface area contributed by atoms with E-state index >= 15 is 0 Å². The Morgan fingerprint density at radius 2 is 1.81 bits per heavy atom. The van der Waals surface area contributed by atoms with Gasteiger partial charge in [0.1, 0.15) is 5.65 Å². The van der Waals surface area contributed by atoms with Crippen molar-refractivity contribution < 1.29 is 5.11 Å². The van der Waals surface area contributed by atoms with Crippen molar-refractivity contribution in [1.82, 2.24) is 19.4 Å². The summed E-state index contributed by atoms with van der Waals surface area (Å²) in [4.78, 5) is 28.7. The molecule has 3 aromatic rings. The molecule has 1 aromatic carbocycles. The van der Waals surface area contributed by atoms with E-state index in [1.807, 2.05) is 10.8 Å². The van der Waals surface area contributed by atoms with Crippen molar-refractivity contribution in [3.05, 3.63) is 34.7 Å². The van der Waals surface area contributed by atoms with Crippen LogP contribution < -0.4 is 15.8 Å². The topological polar surface area (TPSA) is 86.5 Å².